The first-order valence-electron chi connectivity index (χ1n) is 8.66. The molecule has 5 heteroatoms. The minimum absolute atomic E-state index is 0.275. The van der Waals surface area contributed by atoms with Crippen molar-refractivity contribution in [2.45, 2.75) is 12.5 Å². The fraction of sp³-hybridized carbons (Fsp3) is 0.0952. The summed E-state index contributed by atoms with van der Waals surface area (Å²) in [7, 11) is 0. The van der Waals surface area contributed by atoms with Crippen LogP contribution >= 0.6 is 0 Å². The number of benzene rings is 3. The molecule has 1 N–H and O–H groups in total. The van der Waals surface area contributed by atoms with Gasteiger partial charge in [0.25, 0.3) is 0 Å². The highest BCUT2D eigenvalue weighted by molar-refractivity contribution is 5.75. The van der Waals surface area contributed by atoms with Gasteiger partial charge in [0.05, 0.1) is 6.04 Å². The van der Waals surface area contributed by atoms with Crippen molar-refractivity contribution in [1.29, 1.82) is 0 Å². The maximum Gasteiger partial charge on any atom is 0.179 e. The van der Waals surface area contributed by atoms with Gasteiger partial charge in [-0.05, 0) is 46.2 Å². The van der Waals surface area contributed by atoms with Crippen molar-refractivity contribution in [2.24, 2.45) is 0 Å². The summed E-state index contributed by atoms with van der Waals surface area (Å²) >= 11 is 0. The second-order valence-electron chi connectivity index (χ2n) is 6.43. The molecule has 4 aromatic rings. The Hall–Kier alpha value is -3.47. The third-order valence-corrected chi connectivity index (χ3v) is 4.90. The van der Waals surface area contributed by atoms with Crippen LogP contribution in [-0.4, -0.2) is 20.6 Å². The maximum absolute atomic E-state index is 4.04. The average Bonchev–Trinajstić information content (AvgIpc) is 3.37. The van der Waals surface area contributed by atoms with Crippen LogP contribution in [-0.2, 0) is 6.42 Å². The standard InChI is InChI=1S/C21H17N5/c1-2-7-15(8-3-1)20-14-16-9-4-5-12-19(16)26(20)18-11-6-10-17(13-18)21-22-24-25-23-21/h1-13,20H,14H2,(H,22,23,24,25). The molecule has 5 rings (SSSR count). The van der Waals surface area contributed by atoms with Gasteiger partial charge >= 0.3 is 0 Å². The zero-order valence-electron chi connectivity index (χ0n) is 14.1. The number of H-pyrrole nitrogens is 1. The molecule has 1 aliphatic heterocycles. The Labute approximate surface area is 151 Å². The van der Waals surface area contributed by atoms with Crippen molar-refractivity contribution >= 4 is 11.4 Å². The van der Waals surface area contributed by atoms with Gasteiger partial charge in [-0.1, -0.05) is 60.7 Å². The van der Waals surface area contributed by atoms with Gasteiger partial charge in [0.15, 0.2) is 5.82 Å². The quantitative estimate of drug-likeness (QED) is 0.604. The highest BCUT2D eigenvalue weighted by atomic mass is 15.5. The Morgan fingerprint density at radius 3 is 2.58 bits per heavy atom. The molecule has 1 aliphatic rings. The van der Waals surface area contributed by atoms with Crippen molar-refractivity contribution in [3.05, 3.63) is 90.0 Å². The molecular weight excluding hydrogens is 322 g/mol. The molecule has 26 heavy (non-hydrogen) atoms. The van der Waals surface area contributed by atoms with Gasteiger partial charge in [0.2, 0.25) is 0 Å². The molecule has 2 heterocycles. The molecule has 3 aromatic carbocycles. The number of tetrazole rings is 1. The van der Waals surface area contributed by atoms with Crippen molar-refractivity contribution in [3.63, 3.8) is 0 Å². The predicted octanol–water partition coefficient (Wildman–Crippen LogP) is 4.30. The van der Waals surface area contributed by atoms with Gasteiger partial charge in [0.1, 0.15) is 0 Å². The highest BCUT2D eigenvalue weighted by Crippen LogP contribution is 2.45. The Morgan fingerprint density at radius 1 is 0.885 bits per heavy atom. The normalized spacial score (nSPS) is 15.8. The number of fused-ring (bicyclic) bond motifs is 1. The van der Waals surface area contributed by atoms with E-state index in [2.05, 4.69) is 98.3 Å². The summed E-state index contributed by atoms with van der Waals surface area (Å²) in [4.78, 5) is 2.41. The first-order valence-corrected chi connectivity index (χ1v) is 8.66. The summed E-state index contributed by atoms with van der Waals surface area (Å²) in [6, 6.07) is 27.9. The summed E-state index contributed by atoms with van der Waals surface area (Å²) in [5.74, 6) is 0.676. The fourth-order valence-corrected chi connectivity index (χ4v) is 3.73. The monoisotopic (exact) mass is 339 g/mol. The van der Waals surface area contributed by atoms with Crippen LogP contribution in [0, 0.1) is 0 Å². The lowest BCUT2D eigenvalue weighted by molar-refractivity contribution is 0.743. The summed E-state index contributed by atoms with van der Waals surface area (Å²) in [5.41, 5.74) is 6.05. The van der Waals surface area contributed by atoms with Crippen molar-refractivity contribution in [1.82, 2.24) is 20.6 Å². The van der Waals surface area contributed by atoms with Gasteiger partial charge in [-0.2, -0.15) is 0 Å². The molecule has 0 radical (unpaired) electrons. The van der Waals surface area contributed by atoms with E-state index in [1.807, 2.05) is 6.07 Å². The minimum atomic E-state index is 0.275. The molecule has 5 nitrogen and oxygen atoms in total. The van der Waals surface area contributed by atoms with E-state index in [9.17, 15) is 0 Å². The zero-order valence-corrected chi connectivity index (χ0v) is 14.1. The predicted molar refractivity (Wildman–Crippen MR) is 101 cm³/mol. The van der Waals surface area contributed by atoms with Gasteiger partial charge in [-0.15, -0.1) is 5.10 Å². The van der Waals surface area contributed by atoms with Crippen LogP contribution in [0.5, 0.6) is 0 Å². The molecule has 1 unspecified atom stereocenters. The van der Waals surface area contributed by atoms with E-state index >= 15 is 0 Å². The van der Waals surface area contributed by atoms with E-state index in [-0.39, 0.29) is 6.04 Å². The van der Waals surface area contributed by atoms with Crippen LogP contribution in [0.1, 0.15) is 17.2 Å². The van der Waals surface area contributed by atoms with Crippen LogP contribution < -0.4 is 4.90 Å². The van der Waals surface area contributed by atoms with E-state index in [1.165, 1.54) is 16.8 Å². The molecule has 0 spiro atoms. The van der Waals surface area contributed by atoms with Gasteiger partial charge in [-0.25, -0.2) is 5.10 Å². The largest absolute Gasteiger partial charge is 0.333 e. The third kappa shape index (κ3) is 2.45. The van der Waals surface area contributed by atoms with Crippen LogP contribution in [0.3, 0.4) is 0 Å². The number of aromatic amines is 1. The van der Waals surface area contributed by atoms with Gasteiger partial charge < -0.3 is 4.90 Å². The zero-order chi connectivity index (χ0) is 17.3. The van der Waals surface area contributed by atoms with Gasteiger partial charge in [0, 0.05) is 16.9 Å². The molecule has 0 amide bonds. The molecule has 0 saturated heterocycles. The minimum Gasteiger partial charge on any atom is -0.333 e. The molecule has 1 aromatic heterocycles. The number of rotatable bonds is 3. The molecule has 0 saturated carbocycles. The average molecular weight is 339 g/mol. The lowest BCUT2D eigenvalue weighted by Gasteiger charge is -2.28. The first kappa shape index (κ1) is 14.8. The molecule has 0 aliphatic carbocycles. The van der Waals surface area contributed by atoms with E-state index < -0.39 is 0 Å². The number of para-hydroxylation sites is 1. The Bertz CT molecular complexity index is 1030. The smallest absolute Gasteiger partial charge is 0.179 e. The van der Waals surface area contributed by atoms with Crippen LogP contribution in [0.15, 0.2) is 78.9 Å². The van der Waals surface area contributed by atoms with Crippen molar-refractivity contribution in [3.8, 4) is 11.4 Å². The second-order valence-corrected chi connectivity index (χ2v) is 6.43. The number of aromatic nitrogens is 4. The summed E-state index contributed by atoms with van der Waals surface area (Å²) < 4.78 is 0. The molecule has 0 bridgehead atoms. The van der Waals surface area contributed by atoms with Crippen molar-refractivity contribution < 1.29 is 0 Å². The number of hydrogen-bond acceptors (Lipinski definition) is 4. The third-order valence-electron chi connectivity index (χ3n) is 4.90. The Morgan fingerprint density at radius 2 is 1.73 bits per heavy atom. The molecular formula is C21H17N5. The van der Waals surface area contributed by atoms with Crippen LogP contribution in [0.2, 0.25) is 0 Å². The summed E-state index contributed by atoms with van der Waals surface area (Å²) in [6.07, 6.45) is 0.994. The Balaban J connectivity index is 1.64. The van der Waals surface area contributed by atoms with E-state index in [0.29, 0.717) is 5.82 Å². The number of anilines is 2. The van der Waals surface area contributed by atoms with E-state index in [0.717, 1.165) is 17.7 Å². The fourth-order valence-electron chi connectivity index (χ4n) is 3.73. The Kier molecular flexibility index (Phi) is 3.49. The van der Waals surface area contributed by atoms with Crippen molar-refractivity contribution in [2.75, 3.05) is 4.90 Å². The van der Waals surface area contributed by atoms with Gasteiger partial charge in [-0.3, -0.25) is 0 Å². The maximum atomic E-state index is 4.04. The number of hydrogen-bond donors (Lipinski definition) is 1. The molecule has 0 fully saturated rings. The molecule has 126 valence electrons. The van der Waals surface area contributed by atoms with Crippen LogP contribution in [0.25, 0.3) is 11.4 Å². The van der Waals surface area contributed by atoms with E-state index in [4.69, 9.17) is 0 Å². The number of nitrogens with zero attached hydrogens (tertiary/aromatic N) is 4. The summed E-state index contributed by atoms with van der Waals surface area (Å²) in [5, 5.41) is 14.3. The topological polar surface area (TPSA) is 57.7 Å². The first-order chi connectivity index (χ1) is 12.9. The highest BCUT2D eigenvalue weighted by Gasteiger charge is 2.31. The number of nitrogens with one attached hydrogen (secondary N) is 1. The second kappa shape index (κ2) is 6.11. The summed E-state index contributed by atoms with van der Waals surface area (Å²) in [6.45, 7) is 0. The lowest BCUT2D eigenvalue weighted by atomic mass is 10.0. The lowest BCUT2D eigenvalue weighted by Crippen LogP contribution is -2.19. The van der Waals surface area contributed by atoms with E-state index in [1.54, 1.807) is 0 Å². The SMILES string of the molecule is c1ccc(C2Cc3ccccc3N2c2cccc(-c3nnn[nH]3)c2)cc1. The molecule has 1 atom stereocenters. The van der Waals surface area contributed by atoms with Crippen LogP contribution in [0.4, 0.5) is 11.4 Å².